The summed E-state index contributed by atoms with van der Waals surface area (Å²) in [5, 5.41) is 9.94. The number of aromatic nitrogens is 1. The van der Waals surface area contributed by atoms with E-state index in [1.165, 1.54) is 18.2 Å². The second-order valence-corrected chi connectivity index (χ2v) is 6.29. The maximum Gasteiger partial charge on any atom is 0.237 e. The molecule has 126 valence electrons. The lowest BCUT2D eigenvalue weighted by atomic mass is 9.98. The smallest absolute Gasteiger partial charge is 0.237 e. The summed E-state index contributed by atoms with van der Waals surface area (Å²) >= 11 is 5.96. The van der Waals surface area contributed by atoms with Gasteiger partial charge in [0.25, 0.3) is 0 Å². The minimum absolute atomic E-state index is 0.0324. The number of anilines is 2. The third-order valence-corrected chi connectivity index (χ3v) is 4.43. The summed E-state index contributed by atoms with van der Waals surface area (Å²) in [6.07, 6.45) is 3.12. The zero-order valence-corrected chi connectivity index (χ0v) is 14.1. The molecule has 1 saturated heterocycles. The van der Waals surface area contributed by atoms with E-state index >= 15 is 0 Å². The van der Waals surface area contributed by atoms with E-state index in [1.807, 2.05) is 4.90 Å². The molecule has 2 aromatic rings. The molecule has 0 radical (unpaired) electrons. The first kappa shape index (κ1) is 17.0. The Kier molecular flexibility index (Phi) is 4.74. The van der Waals surface area contributed by atoms with Gasteiger partial charge in [-0.15, -0.1) is 0 Å². The number of pyridine rings is 1. The molecule has 0 bridgehead atoms. The second kappa shape index (κ2) is 6.96. The number of piperidine rings is 1. The molecule has 1 aliphatic heterocycles. The van der Waals surface area contributed by atoms with Crippen LogP contribution in [-0.4, -0.2) is 18.1 Å². The first-order chi connectivity index (χ1) is 12.0. The highest BCUT2D eigenvalue weighted by atomic mass is 35.5. The number of nitriles is 1. The largest absolute Gasteiger partial charge is 0.392 e. The van der Waals surface area contributed by atoms with Crippen molar-refractivity contribution in [3.63, 3.8) is 0 Å². The first-order valence-electron chi connectivity index (χ1n) is 7.87. The van der Waals surface area contributed by atoms with E-state index in [4.69, 9.17) is 23.9 Å². The number of nitrogens with two attached hydrogens (primary N) is 1. The van der Waals surface area contributed by atoms with Gasteiger partial charge < -0.3 is 10.6 Å². The van der Waals surface area contributed by atoms with Crippen molar-refractivity contribution < 1.29 is 4.39 Å². The van der Waals surface area contributed by atoms with Crippen LogP contribution in [0, 0.1) is 23.7 Å². The Hall–Kier alpha value is -2.83. The number of halogens is 2. The van der Waals surface area contributed by atoms with Gasteiger partial charge in [-0.1, -0.05) is 11.6 Å². The number of hydrogen-bond acceptors (Lipinski definition) is 4. The second-order valence-electron chi connectivity index (χ2n) is 5.85. The monoisotopic (exact) mass is 355 g/mol. The summed E-state index contributed by atoms with van der Waals surface area (Å²) in [6, 6.07) is 6.07. The molecule has 0 aliphatic carbocycles. The van der Waals surface area contributed by atoms with Crippen LogP contribution in [0.15, 0.2) is 18.2 Å². The first-order valence-corrected chi connectivity index (χ1v) is 8.25. The SMILES string of the molecule is [C-]#[N+]c1c(N)nc(N2CCCCC2)c(C#N)c1-c1cc(F)cc(Cl)c1. The van der Waals surface area contributed by atoms with Crippen molar-refractivity contribution in [2.75, 3.05) is 23.7 Å². The summed E-state index contributed by atoms with van der Waals surface area (Å²) in [6.45, 7) is 8.96. The van der Waals surface area contributed by atoms with E-state index in [9.17, 15) is 9.65 Å². The van der Waals surface area contributed by atoms with Crippen LogP contribution in [0.1, 0.15) is 24.8 Å². The molecule has 25 heavy (non-hydrogen) atoms. The maximum absolute atomic E-state index is 13.8. The third-order valence-electron chi connectivity index (χ3n) is 4.21. The summed E-state index contributed by atoms with van der Waals surface area (Å²) in [4.78, 5) is 9.73. The van der Waals surface area contributed by atoms with Crippen LogP contribution in [0.25, 0.3) is 16.0 Å². The van der Waals surface area contributed by atoms with E-state index in [0.717, 1.165) is 32.4 Å². The molecular weight excluding hydrogens is 341 g/mol. The van der Waals surface area contributed by atoms with Gasteiger partial charge in [0, 0.05) is 23.7 Å². The molecule has 0 spiro atoms. The van der Waals surface area contributed by atoms with Crippen LogP contribution >= 0.6 is 11.6 Å². The van der Waals surface area contributed by atoms with E-state index in [0.29, 0.717) is 11.4 Å². The Morgan fingerprint density at radius 1 is 1.28 bits per heavy atom. The summed E-state index contributed by atoms with van der Waals surface area (Å²) in [7, 11) is 0. The van der Waals surface area contributed by atoms with Gasteiger partial charge in [0.1, 0.15) is 23.5 Å². The molecule has 0 unspecified atom stereocenters. The Labute approximate surface area is 150 Å². The van der Waals surface area contributed by atoms with Crippen molar-refractivity contribution in [1.82, 2.24) is 4.98 Å². The van der Waals surface area contributed by atoms with Crippen molar-refractivity contribution >= 4 is 28.9 Å². The molecule has 1 aromatic heterocycles. The quantitative estimate of drug-likeness (QED) is 0.803. The van der Waals surface area contributed by atoms with Gasteiger partial charge in [0.05, 0.1) is 12.1 Å². The van der Waals surface area contributed by atoms with Crippen LogP contribution in [-0.2, 0) is 0 Å². The Bertz CT molecular complexity index is 887. The summed E-state index contributed by atoms with van der Waals surface area (Å²) in [5.41, 5.74) is 6.89. The van der Waals surface area contributed by atoms with E-state index in [1.54, 1.807) is 0 Å². The molecule has 1 aromatic carbocycles. The van der Waals surface area contributed by atoms with E-state index in [-0.39, 0.29) is 27.7 Å². The van der Waals surface area contributed by atoms with Crippen LogP contribution in [0.2, 0.25) is 5.02 Å². The topological polar surface area (TPSA) is 70.3 Å². The van der Waals surface area contributed by atoms with Gasteiger partial charge in [-0.3, -0.25) is 0 Å². The van der Waals surface area contributed by atoms with Gasteiger partial charge >= 0.3 is 0 Å². The number of benzene rings is 1. The minimum atomic E-state index is -0.544. The van der Waals surface area contributed by atoms with Crippen LogP contribution < -0.4 is 10.6 Å². The van der Waals surface area contributed by atoms with Crippen molar-refractivity contribution in [2.45, 2.75) is 19.3 Å². The Morgan fingerprint density at radius 3 is 2.60 bits per heavy atom. The Morgan fingerprint density at radius 2 is 2.00 bits per heavy atom. The zero-order valence-electron chi connectivity index (χ0n) is 13.4. The summed E-state index contributed by atoms with van der Waals surface area (Å²) < 4.78 is 13.8. The number of rotatable bonds is 2. The van der Waals surface area contributed by atoms with Gasteiger partial charge in [-0.2, -0.15) is 5.26 Å². The van der Waals surface area contributed by atoms with Crippen LogP contribution in [0.4, 0.5) is 21.7 Å². The van der Waals surface area contributed by atoms with Gasteiger partial charge in [-0.25, -0.2) is 14.2 Å². The highest BCUT2D eigenvalue weighted by molar-refractivity contribution is 6.31. The molecule has 1 fully saturated rings. The summed E-state index contributed by atoms with van der Waals surface area (Å²) in [5.74, 6) is -0.0651. The lowest BCUT2D eigenvalue weighted by Crippen LogP contribution is -2.31. The average molecular weight is 356 g/mol. The van der Waals surface area contributed by atoms with Crippen LogP contribution in [0.3, 0.4) is 0 Å². The zero-order chi connectivity index (χ0) is 18.0. The number of nitrogen functional groups attached to an aromatic ring is 1. The van der Waals surface area contributed by atoms with Crippen LogP contribution in [0.5, 0.6) is 0 Å². The van der Waals surface area contributed by atoms with Gasteiger partial charge in [-0.05, 0) is 43.0 Å². The standard InChI is InChI=1S/C18H15ClFN5/c1-23-16-15(11-7-12(19)9-13(20)8-11)14(10-21)18(24-17(16)22)25-5-3-2-4-6-25/h7-9H,2-6H2,(H2,22,24). The number of nitrogens with zero attached hydrogens (tertiary/aromatic N) is 4. The predicted octanol–water partition coefficient (Wildman–Crippen LogP) is 4.54. The molecule has 0 amide bonds. The van der Waals surface area contributed by atoms with Crippen molar-refractivity contribution in [3.05, 3.63) is 46.0 Å². The molecule has 1 aliphatic rings. The number of hydrogen-bond donors (Lipinski definition) is 1. The van der Waals surface area contributed by atoms with Gasteiger partial charge in [0.2, 0.25) is 5.69 Å². The molecular formula is C18H15ClFN5. The normalized spacial score (nSPS) is 14.0. The lowest BCUT2D eigenvalue weighted by Gasteiger charge is -2.29. The van der Waals surface area contributed by atoms with E-state index < -0.39 is 5.82 Å². The molecule has 2 heterocycles. The fourth-order valence-electron chi connectivity index (χ4n) is 3.11. The average Bonchev–Trinajstić information content (AvgIpc) is 2.60. The highest BCUT2D eigenvalue weighted by Gasteiger charge is 2.25. The molecule has 7 heteroatoms. The highest BCUT2D eigenvalue weighted by Crippen LogP contribution is 2.42. The molecule has 0 saturated carbocycles. The molecule has 5 nitrogen and oxygen atoms in total. The third kappa shape index (κ3) is 3.22. The van der Waals surface area contributed by atoms with E-state index in [2.05, 4.69) is 15.9 Å². The van der Waals surface area contributed by atoms with Gasteiger partial charge in [0.15, 0.2) is 0 Å². The molecule has 0 atom stereocenters. The fraction of sp³-hybridized carbons (Fsp3) is 0.278. The van der Waals surface area contributed by atoms with Crippen molar-refractivity contribution in [3.8, 4) is 17.2 Å². The fourth-order valence-corrected chi connectivity index (χ4v) is 3.34. The maximum atomic E-state index is 13.8. The predicted molar refractivity (Wildman–Crippen MR) is 96.1 cm³/mol. The molecule has 2 N–H and O–H groups in total. The minimum Gasteiger partial charge on any atom is -0.392 e. The lowest BCUT2D eigenvalue weighted by molar-refractivity contribution is 0.573. The van der Waals surface area contributed by atoms with Crippen molar-refractivity contribution in [1.29, 1.82) is 5.26 Å². The van der Waals surface area contributed by atoms with Crippen molar-refractivity contribution in [2.24, 2.45) is 0 Å². The Balaban J connectivity index is 2.30. The molecule has 3 rings (SSSR count).